The smallest absolute Gasteiger partial charge is 0.273 e. The van der Waals surface area contributed by atoms with Crippen molar-refractivity contribution in [3.8, 4) is 5.75 Å². The van der Waals surface area contributed by atoms with E-state index in [2.05, 4.69) is 10.4 Å². The summed E-state index contributed by atoms with van der Waals surface area (Å²) >= 11 is 0. The monoisotopic (exact) mass is 288 g/mol. The second-order valence-corrected chi connectivity index (χ2v) is 4.60. The van der Waals surface area contributed by atoms with Crippen molar-refractivity contribution in [2.24, 2.45) is 0 Å². The van der Waals surface area contributed by atoms with Crippen molar-refractivity contribution in [1.29, 1.82) is 0 Å². The second kappa shape index (κ2) is 6.30. The average Bonchev–Trinajstić information content (AvgIpc) is 2.92. The lowest BCUT2D eigenvalue weighted by Crippen LogP contribution is -2.18. The van der Waals surface area contributed by atoms with Gasteiger partial charge in [0.25, 0.3) is 5.91 Å². The van der Waals surface area contributed by atoms with Crippen LogP contribution in [-0.2, 0) is 13.0 Å². The van der Waals surface area contributed by atoms with E-state index in [4.69, 9.17) is 10.5 Å². The predicted octanol–water partition coefficient (Wildman–Crippen LogP) is 2.31. The fourth-order valence-electron chi connectivity index (χ4n) is 2.03. The number of nitrogen functional groups attached to an aromatic ring is 1. The van der Waals surface area contributed by atoms with E-state index in [1.807, 2.05) is 13.8 Å². The predicted molar refractivity (Wildman–Crippen MR) is 82.6 cm³/mol. The van der Waals surface area contributed by atoms with Crippen molar-refractivity contribution >= 4 is 17.3 Å². The number of nitrogens with two attached hydrogens (primary N) is 1. The number of amides is 1. The summed E-state index contributed by atoms with van der Waals surface area (Å²) in [6.45, 7) is 4.59. The van der Waals surface area contributed by atoms with Crippen LogP contribution in [-0.4, -0.2) is 22.8 Å². The van der Waals surface area contributed by atoms with Crippen molar-refractivity contribution in [3.63, 3.8) is 0 Å². The van der Waals surface area contributed by atoms with Crippen molar-refractivity contribution < 1.29 is 9.53 Å². The molecule has 3 N–H and O–H groups in total. The molecule has 0 aliphatic heterocycles. The van der Waals surface area contributed by atoms with Gasteiger partial charge in [0.1, 0.15) is 11.4 Å². The van der Waals surface area contributed by atoms with Gasteiger partial charge in [0, 0.05) is 12.6 Å². The Morgan fingerprint density at radius 2 is 2.14 bits per heavy atom. The zero-order valence-electron chi connectivity index (χ0n) is 12.5. The van der Waals surface area contributed by atoms with E-state index in [1.165, 1.54) is 0 Å². The van der Waals surface area contributed by atoms with Crippen LogP contribution in [0.4, 0.5) is 11.4 Å². The minimum atomic E-state index is -0.221. The summed E-state index contributed by atoms with van der Waals surface area (Å²) in [5, 5.41) is 7.17. The number of carbonyl (C=O) groups is 1. The largest absolute Gasteiger partial charge is 0.497 e. The van der Waals surface area contributed by atoms with Crippen molar-refractivity contribution in [2.75, 3.05) is 18.2 Å². The Balaban J connectivity index is 2.23. The van der Waals surface area contributed by atoms with Crippen LogP contribution >= 0.6 is 0 Å². The zero-order valence-corrected chi connectivity index (χ0v) is 12.5. The van der Waals surface area contributed by atoms with E-state index >= 15 is 0 Å². The van der Waals surface area contributed by atoms with Crippen molar-refractivity contribution in [2.45, 2.75) is 26.8 Å². The fourth-order valence-corrected chi connectivity index (χ4v) is 2.03. The normalized spacial score (nSPS) is 10.4. The van der Waals surface area contributed by atoms with Crippen LogP contribution in [0, 0.1) is 0 Å². The minimum absolute atomic E-state index is 0.221. The Morgan fingerprint density at radius 1 is 1.38 bits per heavy atom. The van der Waals surface area contributed by atoms with Gasteiger partial charge in [0.2, 0.25) is 0 Å². The number of ether oxygens (including phenoxy) is 1. The number of methoxy groups -OCH3 is 1. The molecule has 2 rings (SSSR count). The maximum absolute atomic E-state index is 12.4. The van der Waals surface area contributed by atoms with Gasteiger partial charge in [-0.3, -0.25) is 9.48 Å². The molecule has 21 heavy (non-hydrogen) atoms. The highest BCUT2D eigenvalue weighted by Crippen LogP contribution is 2.24. The van der Waals surface area contributed by atoms with Crippen LogP contribution in [0.15, 0.2) is 24.3 Å². The van der Waals surface area contributed by atoms with E-state index in [-0.39, 0.29) is 5.91 Å². The van der Waals surface area contributed by atoms with Crippen LogP contribution in [0.1, 0.15) is 30.0 Å². The maximum atomic E-state index is 12.4. The summed E-state index contributed by atoms with van der Waals surface area (Å²) in [5.74, 6) is 0.429. The summed E-state index contributed by atoms with van der Waals surface area (Å²) < 4.78 is 6.78. The first kappa shape index (κ1) is 14.9. The number of carbonyl (C=O) groups excluding carboxylic acids is 1. The molecule has 0 atom stereocenters. The van der Waals surface area contributed by atoms with Gasteiger partial charge in [0.15, 0.2) is 0 Å². The van der Waals surface area contributed by atoms with E-state index in [0.29, 0.717) is 29.4 Å². The third kappa shape index (κ3) is 3.16. The summed E-state index contributed by atoms with van der Waals surface area (Å²) in [7, 11) is 1.57. The molecule has 1 amide bonds. The topological polar surface area (TPSA) is 82.2 Å². The molecular formula is C15H20N4O2. The molecule has 6 nitrogen and oxygen atoms in total. The number of nitrogens with zero attached hydrogens (tertiary/aromatic N) is 2. The number of anilines is 2. The lowest BCUT2D eigenvalue weighted by molar-refractivity contribution is 0.101. The molecule has 2 aromatic rings. The van der Waals surface area contributed by atoms with E-state index < -0.39 is 0 Å². The lowest BCUT2D eigenvalue weighted by atomic mass is 10.2. The Bertz CT molecular complexity index is 649. The third-order valence-corrected chi connectivity index (χ3v) is 3.23. The average molecular weight is 288 g/mol. The Morgan fingerprint density at radius 3 is 2.71 bits per heavy atom. The van der Waals surface area contributed by atoms with Crippen LogP contribution in [0.3, 0.4) is 0 Å². The van der Waals surface area contributed by atoms with E-state index in [1.54, 1.807) is 36.1 Å². The number of hydrogen-bond donors (Lipinski definition) is 2. The van der Waals surface area contributed by atoms with Gasteiger partial charge in [-0.15, -0.1) is 0 Å². The zero-order chi connectivity index (χ0) is 15.4. The summed E-state index contributed by atoms with van der Waals surface area (Å²) in [4.78, 5) is 12.4. The van der Waals surface area contributed by atoms with Crippen molar-refractivity contribution in [1.82, 2.24) is 9.78 Å². The highest BCUT2D eigenvalue weighted by atomic mass is 16.5. The maximum Gasteiger partial charge on any atom is 0.273 e. The fraction of sp³-hybridized carbons (Fsp3) is 0.333. The van der Waals surface area contributed by atoms with Gasteiger partial charge in [-0.2, -0.15) is 5.10 Å². The number of benzene rings is 1. The molecule has 0 unspecified atom stereocenters. The summed E-state index contributed by atoms with van der Waals surface area (Å²) in [5.41, 5.74) is 8.35. The van der Waals surface area contributed by atoms with Crippen LogP contribution in [0.2, 0.25) is 0 Å². The molecule has 0 radical (unpaired) electrons. The second-order valence-electron chi connectivity index (χ2n) is 4.60. The molecule has 0 aliphatic rings. The first-order valence-electron chi connectivity index (χ1n) is 6.90. The first-order valence-corrected chi connectivity index (χ1v) is 6.90. The molecule has 0 spiro atoms. The highest BCUT2D eigenvalue weighted by molar-refractivity contribution is 6.04. The number of aromatic nitrogens is 2. The van der Waals surface area contributed by atoms with Crippen LogP contribution in [0.25, 0.3) is 0 Å². The molecule has 0 bridgehead atoms. The Hall–Kier alpha value is -2.50. The number of aryl methyl sites for hydroxylation is 2. The molecule has 0 fully saturated rings. The summed E-state index contributed by atoms with van der Waals surface area (Å²) in [6, 6.07) is 6.95. The van der Waals surface area contributed by atoms with Crippen LogP contribution < -0.4 is 15.8 Å². The van der Waals surface area contributed by atoms with Gasteiger partial charge >= 0.3 is 0 Å². The molecule has 0 saturated heterocycles. The number of hydrogen-bond acceptors (Lipinski definition) is 4. The van der Waals surface area contributed by atoms with E-state index in [0.717, 1.165) is 12.1 Å². The Labute approximate surface area is 123 Å². The summed E-state index contributed by atoms with van der Waals surface area (Å²) in [6.07, 6.45) is 0.790. The van der Waals surface area contributed by atoms with E-state index in [9.17, 15) is 4.79 Å². The third-order valence-electron chi connectivity index (χ3n) is 3.23. The quantitative estimate of drug-likeness (QED) is 0.827. The van der Waals surface area contributed by atoms with Gasteiger partial charge in [-0.25, -0.2) is 0 Å². The van der Waals surface area contributed by atoms with Crippen molar-refractivity contribution in [3.05, 3.63) is 35.7 Å². The lowest BCUT2D eigenvalue weighted by Gasteiger charge is -2.10. The first-order chi connectivity index (χ1) is 10.1. The molecule has 1 heterocycles. The minimum Gasteiger partial charge on any atom is -0.497 e. The van der Waals surface area contributed by atoms with Gasteiger partial charge in [-0.1, -0.05) is 6.92 Å². The molecule has 6 heteroatoms. The van der Waals surface area contributed by atoms with Crippen LogP contribution in [0.5, 0.6) is 5.75 Å². The molecule has 112 valence electrons. The highest BCUT2D eigenvalue weighted by Gasteiger charge is 2.15. The van der Waals surface area contributed by atoms with Gasteiger partial charge in [-0.05, 0) is 31.5 Å². The molecule has 1 aromatic heterocycles. The molecule has 0 aliphatic carbocycles. The van der Waals surface area contributed by atoms with Gasteiger partial charge < -0.3 is 15.8 Å². The standard InChI is InChI=1S/C15H20N4O2/c1-4-10-8-14(19(5-2)18-10)15(20)17-13-7-6-11(21-3)9-12(13)16/h6-9H,4-5,16H2,1-3H3,(H,17,20). The number of rotatable bonds is 5. The molecule has 1 aromatic carbocycles. The molecular weight excluding hydrogens is 268 g/mol. The SMILES string of the molecule is CCc1cc(C(=O)Nc2ccc(OC)cc2N)n(CC)n1. The molecule has 0 saturated carbocycles. The Kier molecular flexibility index (Phi) is 4.47. The number of nitrogens with one attached hydrogen (secondary N) is 1. The van der Waals surface area contributed by atoms with Gasteiger partial charge in [0.05, 0.1) is 24.2 Å².